The number of aromatic amines is 1. The van der Waals surface area contributed by atoms with Gasteiger partial charge in [0.15, 0.2) is 10.8 Å². The van der Waals surface area contributed by atoms with Crippen molar-refractivity contribution in [3.63, 3.8) is 0 Å². The first kappa shape index (κ1) is 20.4. The first-order valence-corrected chi connectivity index (χ1v) is 10.4. The van der Waals surface area contributed by atoms with Gasteiger partial charge in [0.1, 0.15) is 5.49 Å². The number of carbonyl (C=O) groups excluding carboxylic acids is 1. The fourth-order valence-corrected chi connectivity index (χ4v) is 3.73. The number of halogens is 1. The SMILES string of the molecule is CC[C@@H](C)NC(=O)CSc1nc2n[nH]c(C)c2c(=N)n1-c1ccc(C)c(Cl)c1. The Balaban J connectivity index is 2.06. The van der Waals surface area contributed by atoms with Crippen molar-refractivity contribution in [3.8, 4) is 5.69 Å². The van der Waals surface area contributed by atoms with Gasteiger partial charge in [0.2, 0.25) is 5.91 Å². The largest absolute Gasteiger partial charge is 0.353 e. The van der Waals surface area contributed by atoms with Crippen LogP contribution in [0.3, 0.4) is 0 Å². The topological polar surface area (TPSA) is 99.5 Å². The number of aromatic nitrogens is 4. The Morgan fingerprint density at radius 3 is 2.86 bits per heavy atom. The summed E-state index contributed by atoms with van der Waals surface area (Å²) < 4.78 is 1.71. The minimum atomic E-state index is -0.0699. The molecule has 148 valence electrons. The second-order valence-electron chi connectivity index (χ2n) is 6.72. The fraction of sp³-hybridized carbons (Fsp3) is 0.368. The van der Waals surface area contributed by atoms with E-state index in [0.717, 1.165) is 23.4 Å². The second kappa shape index (κ2) is 8.36. The molecule has 0 aliphatic heterocycles. The minimum Gasteiger partial charge on any atom is -0.353 e. The lowest BCUT2D eigenvalue weighted by atomic mass is 10.2. The molecule has 0 radical (unpaired) electrons. The van der Waals surface area contributed by atoms with Gasteiger partial charge in [-0.3, -0.25) is 19.9 Å². The summed E-state index contributed by atoms with van der Waals surface area (Å²) in [4.78, 5) is 16.8. The zero-order chi connectivity index (χ0) is 20.4. The van der Waals surface area contributed by atoms with Crippen LogP contribution in [0.15, 0.2) is 23.4 Å². The van der Waals surface area contributed by atoms with Crippen LogP contribution in [0, 0.1) is 19.3 Å². The van der Waals surface area contributed by atoms with Gasteiger partial charge in [0.25, 0.3) is 0 Å². The van der Waals surface area contributed by atoms with Crippen molar-refractivity contribution in [2.45, 2.75) is 45.3 Å². The van der Waals surface area contributed by atoms with Crippen molar-refractivity contribution in [2.24, 2.45) is 0 Å². The highest BCUT2D eigenvalue weighted by molar-refractivity contribution is 7.99. The van der Waals surface area contributed by atoms with Gasteiger partial charge in [-0.2, -0.15) is 5.10 Å². The van der Waals surface area contributed by atoms with E-state index in [9.17, 15) is 4.79 Å². The molecular weight excluding hydrogens is 396 g/mol. The predicted octanol–water partition coefficient (Wildman–Crippen LogP) is 3.51. The number of aryl methyl sites for hydroxylation is 2. The number of hydrogen-bond donors (Lipinski definition) is 3. The lowest BCUT2D eigenvalue weighted by molar-refractivity contribution is -0.119. The Kier molecular flexibility index (Phi) is 6.10. The maximum absolute atomic E-state index is 12.2. The molecule has 1 amide bonds. The third-order valence-corrected chi connectivity index (χ3v) is 5.89. The van der Waals surface area contributed by atoms with Crippen molar-refractivity contribution in [1.29, 1.82) is 5.41 Å². The van der Waals surface area contributed by atoms with Crippen LogP contribution in [0.25, 0.3) is 16.7 Å². The number of hydrogen-bond acceptors (Lipinski definition) is 5. The summed E-state index contributed by atoms with van der Waals surface area (Å²) in [6.07, 6.45) is 0.867. The van der Waals surface area contributed by atoms with Gasteiger partial charge in [0.05, 0.1) is 16.8 Å². The smallest absolute Gasteiger partial charge is 0.230 e. The van der Waals surface area contributed by atoms with Crippen LogP contribution in [0.1, 0.15) is 31.5 Å². The van der Waals surface area contributed by atoms with E-state index in [0.29, 0.717) is 21.2 Å². The van der Waals surface area contributed by atoms with Gasteiger partial charge in [-0.25, -0.2) is 4.98 Å². The first-order chi connectivity index (χ1) is 13.3. The molecule has 1 aromatic carbocycles. The number of amides is 1. The van der Waals surface area contributed by atoms with E-state index in [1.165, 1.54) is 11.8 Å². The molecule has 0 aliphatic rings. The number of benzene rings is 1. The highest BCUT2D eigenvalue weighted by atomic mass is 35.5. The van der Waals surface area contributed by atoms with Gasteiger partial charge in [-0.05, 0) is 44.9 Å². The van der Waals surface area contributed by atoms with Crippen LogP contribution in [-0.4, -0.2) is 37.5 Å². The number of nitrogens with zero attached hydrogens (tertiary/aromatic N) is 3. The average Bonchev–Trinajstić information content (AvgIpc) is 3.03. The molecule has 0 bridgehead atoms. The Hall–Kier alpha value is -2.32. The lowest BCUT2D eigenvalue weighted by Crippen LogP contribution is -2.33. The second-order valence-corrected chi connectivity index (χ2v) is 8.07. The Morgan fingerprint density at radius 2 is 2.18 bits per heavy atom. The molecule has 3 aromatic rings. The number of thioether (sulfide) groups is 1. The molecule has 2 aromatic heterocycles. The molecule has 7 nitrogen and oxygen atoms in total. The molecule has 3 rings (SSSR count). The van der Waals surface area contributed by atoms with Crippen molar-refractivity contribution < 1.29 is 4.79 Å². The van der Waals surface area contributed by atoms with Crippen molar-refractivity contribution >= 4 is 40.3 Å². The molecule has 2 heterocycles. The molecule has 1 atom stereocenters. The summed E-state index contributed by atoms with van der Waals surface area (Å²) in [6.45, 7) is 7.77. The summed E-state index contributed by atoms with van der Waals surface area (Å²) in [7, 11) is 0. The van der Waals surface area contributed by atoms with E-state index >= 15 is 0 Å². The summed E-state index contributed by atoms with van der Waals surface area (Å²) in [5.74, 6) is 0.130. The molecule has 0 aliphatic carbocycles. The zero-order valence-electron chi connectivity index (χ0n) is 16.3. The summed E-state index contributed by atoms with van der Waals surface area (Å²) in [5, 5.41) is 20.5. The number of fused-ring (bicyclic) bond motifs is 1. The van der Waals surface area contributed by atoms with E-state index < -0.39 is 0 Å². The molecule has 28 heavy (non-hydrogen) atoms. The predicted molar refractivity (Wildman–Crippen MR) is 112 cm³/mol. The van der Waals surface area contributed by atoms with Crippen molar-refractivity contribution in [2.75, 3.05) is 5.75 Å². The maximum atomic E-state index is 12.2. The molecule has 0 spiro atoms. The number of H-pyrrole nitrogens is 1. The number of carbonyl (C=O) groups is 1. The van der Waals surface area contributed by atoms with E-state index in [1.54, 1.807) is 10.6 Å². The van der Waals surface area contributed by atoms with E-state index in [1.807, 2.05) is 39.8 Å². The summed E-state index contributed by atoms with van der Waals surface area (Å²) in [5.41, 5.74) is 3.15. The van der Waals surface area contributed by atoms with E-state index in [2.05, 4.69) is 20.5 Å². The normalized spacial score (nSPS) is 12.3. The maximum Gasteiger partial charge on any atom is 0.230 e. The standard InChI is InChI=1S/C19H23ClN6OS/c1-5-11(3)22-15(27)9-28-19-23-18-16(12(4)24-25-18)17(21)26(19)13-7-6-10(2)14(20)8-13/h6-8,11,21H,5,9H2,1-4H3,(H,22,27)(H,24,25)/t11-/m1/s1. The molecule has 3 N–H and O–H groups in total. The molecule has 0 unspecified atom stereocenters. The highest BCUT2D eigenvalue weighted by Gasteiger charge is 2.17. The van der Waals surface area contributed by atoms with E-state index in [4.69, 9.17) is 17.0 Å². The van der Waals surface area contributed by atoms with Crippen LogP contribution in [0.5, 0.6) is 0 Å². The molecule has 0 saturated carbocycles. The van der Waals surface area contributed by atoms with Crippen LogP contribution in [0.2, 0.25) is 5.02 Å². The third-order valence-electron chi connectivity index (χ3n) is 4.55. The molecule has 0 fully saturated rings. The number of rotatable bonds is 6. The highest BCUT2D eigenvalue weighted by Crippen LogP contribution is 2.24. The van der Waals surface area contributed by atoms with Crippen LogP contribution in [-0.2, 0) is 4.79 Å². The quantitative estimate of drug-likeness (QED) is 0.421. The summed E-state index contributed by atoms with van der Waals surface area (Å²) in [6, 6.07) is 5.72. The third kappa shape index (κ3) is 4.07. The molecular formula is C19H23ClN6OS. The average molecular weight is 419 g/mol. The molecule has 0 saturated heterocycles. The Bertz CT molecular complexity index is 1090. The van der Waals surface area contributed by atoms with Crippen molar-refractivity contribution in [3.05, 3.63) is 40.0 Å². The monoisotopic (exact) mass is 418 g/mol. The van der Waals surface area contributed by atoms with Crippen molar-refractivity contribution in [1.82, 2.24) is 25.1 Å². The molecule has 9 heteroatoms. The van der Waals surface area contributed by atoms with Gasteiger partial charge >= 0.3 is 0 Å². The first-order valence-electron chi connectivity index (χ1n) is 9.02. The van der Waals surface area contributed by atoms with Crippen LogP contribution >= 0.6 is 23.4 Å². The Labute approximate surface area is 172 Å². The lowest BCUT2D eigenvalue weighted by Gasteiger charge is -2.15. The summed E-state index contributed by atoms with van der Waals surface area (Å²) >= 11 is 7.59. The van der Waals surface area contributed by atoms with Crippen LogP contribution < -0.4 is 10.8 Å². The van der Waals surface area contributed by atoms with Gasteiger partial charge < -0.3 is 5.32 Å². The minimum absolute atomic E-state index is 0.0699. The van der Waals surface area contributed by atoms with Crippen LogP contribution in [0.4, 0.5) is 0 Å². The zero-order valence-corrected chi connectivity index (χ0v) is 17.8. The number of nitrogens with one attached hydrogen (secondary N) is 3. The van der Waals surface area contributed by atoms with Gasteiger partial charge in [-0.15, -0.1) is 0 Å². The Morgan fingerprint density at radius 1 is 1.43 bits per heavy atom. The fourth-order valence-electron chi connectivity index (χ4n) is 2.73. The van der Waals surface area contributed by atoms with E-state index in [-0.39, 0.29) is 23.2 Å². The van der Waals surface area contributed by atoms with Gasteiger partial charge in [-0.1, -0.05) is 36.4 Å². The van der Waals surface area contributed by atoms with Gasteiger partial charge in [0, 0.05) is 16.8 Å².